The zero-order valence-electron chi connectivity index (χ0n) is 15.5. The number of carbonyl (C=O) groups excluding carboxylic acids is 1. The fourth-order valence-electron chi connectivity index (χ4n) is 3.50. The molecule has 1 atom stereocenters. The van der Waals surface area contributed by atoms with Crippen molar-refractivity contribution in [2.45, 2.75) is 18.8 Å². The number of hydrogen-bond donors (Lipinski definition) is 1. The molecule has 4 rings (SSSR count). The van der Waals surface area contributed by atoms with E-state index in [9.17, 15) is 4.79 Å². The van der Waals surface area contributed by atoms with Crippen LogP contribution in [0.2, 0.25) is 5.02 Å². The van der Waals surface area contributed by atoms with E-state index in [-0.39, 0.29) is 11.8 Å². The summed E-state index contributed by atoms with van der Waals surface area (Å²) >= 11 is 5.97. The second-order valence-corrected chi connectivity index (χ2v) is 7.41. The topological polar surface area (TPSA) is 58.2 Å². The molecule has 1 N–H and O–H groups in total. The monoisotopic (exact) mass is 395 g/mol. The molecule has 1 fully saturated rings. The van der Waals surface area contributed by atoms with E-state index >= 15 is 0 Å². The third-order valence-corrected chi connectivity index (χ3v) is 5.24. The van der Waals surface area contributed by atoms with Crippen LogP contribution in [0.3, 0.4) is 0 Å². The summed E-state index contributed by atoms with van der Waals surface area (Å²) in [4.78, 5) is 14.5. The van der Waals surface area contributed by atoms with Gasteiger partial charge in [0, 0.05) is 41.7 Å². The first kappa shape index (κ1) is 18.6. The predicted molar refractivity (Wildman–Crippen MR) is 109 cm³/mol. The van der Waals surface area contributed by atoms with Gasteiger partial charge in [0.25, 0.3) is 5.91 Å². The lowest BCUT2D eigenvalue weighted by Crippen LogP contribution is -2.28. The molecule has 6 heteroatoms. The molecular weight excluding hydrogens is 374 g/mol. The number of nitrogens with one attached hydrogen (secondary N) is 1. The van der Waals surface area contributed by atoms with Crippen LogP contribution >= 0.6 is 11.6 Å². The van der Waals surface area contributed by atoms with Gasteiger partial charge in [-0.25, -0.2) is 0 Å². The van der Waals surface area contributed by atoms with E-state index in [1.54, 1.807) is 6.07 Å². The maximum atomic E-state index is 12.6. The number of ether oxygens (including phenoxy) is 1. The van der Waals surface area contributed by atoms with Gasteiger partial charge in [-0.1, -0.05) is 35.9 Å². The number of aromatic amines is 1. The number of nitrogens with zero attached hydrogens (tertiary/aromatic N) is 2. The number of amides is 1. The number of likely N-dealkylation sites (tertiary alicyclic amines) is 1. The summed E-state index contributed by atoms with van der Waals surface area (Å²) in [5, 5.41) is 8.23. The van der Waals surface area contributed by atoms with Crippen LogP contribution in [0.15, 0.2) is 60.7 Å². The molecule has 28 heavy (non-hydrogen) atoms. The standard InChI is InChI=1S/C22H22ClN3O2/c23-18-7-4-8-20(13-18)28-12-10-19-14-21(25-24-19)17-9-11-26(15-17)22(27)16-5-2-1-3-6-16/h1-8,13-14,17H,9-12,15H2,(H,24,25)/t17-/m0/s1. The molecule has 2 heterocycles. The first-order valence-electron chi connectivity index (χ1n) is 9.46. The van der Waals surface area contributed by atoms with Gasteiger partial charge >= 0.3 is 0 Å². The average Bonchev–Trinajstić information content (AvgIpc) is 3.38. The van der Waals surface area contributed by atoms with Crippen LogP contribution in [0.5, 0.6) is 5.75 Å². The molecule has 1 aromatic heterocycles. The molecule has 0 bridgehead atoms. The van der Waals surface area contributed by atoms with Crippen molar-refractivity contribution < 1.29 is 9.53 Å². The Bertz CT molecular complexity index is 942. The zero-order chi connectivity index (χ0) is 19.3. The highest BCUT2D eigenvalue weighted by Gasteiger charge is 2.29. The number of rotatable bonds is 6. The zero-order valence-corrected chi connectivity index (χ0v) is 16.2. The predicted octanol–water partition coefficient (Wildman–Crippen LogP) is 4.31. The number of halogens is 1. The Hall–Kier alpha value is -2.79. The molecule has 0 saturated carbocycles. The molecule has 0 radical (unpaired) electrons. The van der Waals surface area contributed by atoms with Crippen LogP contribution < -0.4 is 4.74 Å². The Morgan fingerprint density at radius 3 is 2.86 bits per heavy atom. The van der Waals surface area contributed by atoms with Gasteiger partial charge in [-0.3, -0.25) is 9.89 Å². The third-order valence-electron chi connectivity index (χ3n) is 5.00. The van der Waals surface area contributed by atoms with Crippen molar-refractivity contribution in [3.8, 4) is 5.75 Å². The summed E-state index contributed by atoms with van der Waals surface area (Å²) in [5.74, 6) is 1.12. The maximum Gasteiger partial charge on any atom is 0.253 e. The van der Waals surface area contributed by atoms with Gasteiger partial charge in [0.1, 0.15) is 5.75 Å². The van der Waals surface area contributed by atoms with Crippen LogP contribution in [0.1, 0.15) is 34.1 Å². The number of hydrogen-bond acceptors (Lipinski definition) is 3. The van der Waals surface area contributed by atoms with E-state index in [0.29, 0.717) is 18.2 Å². The van der Waals surface area contributed by atoms with Gasteiger partial charge in [0.2, 0.25) is 0 Å². The highest BCUT2D eigenvalue weighted by atomic mass is 35.5. The second-order valence-electron chi connectivity index (χ2n) is 6.98. The Balaban J connectivity index is 1.30. The lowest BCUT2D eigenvalue weighted by molar-refractivity contribution is 0.0790. The van der Waals surface area contributed by atoms with Crippen molar-refractivity contribution in [1.82, 2.24) is 15.1 Å². The van der Waals surface area contributed by atoms with Crippen LogP contribution in [-0.2, 0) is 6.42 Å². The quantitative estimate of drug-likeness (QED) is 0.676. The lowest BCUT2D eigenvalue weighted by Gasteiger charge is -2.16. The highest BCUT2D eigenvalue weighted by Crippen LogP contribution is 2.27. The largest absolute Gasteiger partial charge is 0.493 e. The first-order valence-corrected chi connectivity index (χ1v) is 9.84. The van der Waals surface area contributed by atoms with E-state index in [1.165, 1.54) is 0 Å². The maximum absolute atomic E-state index is 12.6. The molecule has 0 spiro atoms. The molecule has 5 nitrogen and oxygen atoms in total. The number of H-pyrrole nitrogens is 1. The van der Waals surface area contributed by atoms with Crippen molar-refractivity contribution in [2.75, 3.05) is 19.7 Å². The molecular formula is C22H22ClN3O2. The Labute approximate surface area is 169 Å². The van der Waals surface area contributed by atoms with Crippen molar-refractivity contribution in [1.29, 1.82) is 0 Å². The summed E-state index contributed by atoms with van der Waals surface area (Å²) in [6.07, 6.45) is 1.67. The summed E-state index contributed by atoms with van der Waals surface area (Å²) in [6, 6.07) is 18.9. The number of aromatic nitrogens is 2. The minimum atomic E-state index is 0.0915. The highest BCUT2D eigenvalue weighted by molar-refractivity contribution is 6.30. The molecule has 1 saturated heterocycles. The van der Waals surface area contributed by atoms with Crippen molar-refractivity contribution in [3.05, 3.63) is 82.6 Å². The van der Waals surface area contributed by atoms with Crippen LogP contribution in [0.25, 0.3) is 0 Å². The molecule has 1 aliphatic heterocycles. The minimum absolute atomic E-state index is 0.0915. The van der Waals surface area contributed by atoms with Gasteiger partial charge < -0.3 is 9.64 Å². The van der Waals surface area contributed by atoms with Crippen LogP contribution in [0.4, 0.5) is 0 Å². The lowest BCUT2D eigenvalue weighted by atomic mass is 10.0. The van der Waals surface area contributed by atoms with Crippen LogP contribution in [0, 0.1) is 0 Å². The van der Waals surface area contributed by atoms with Gasteiger partial charge in [-0.2, -0.15) is 5.10 Å². The smallest absolute Gasteiger partial charge is 0.253 e. The van der Waals surface area contributed by atoms with E-state index in [2.05, 4.69) is 16.3 Å². The Morgan fingerprint density at radius 2 is 2.04 bits per heavy atom. The third kappa shape index (κ3) is 4.37. The molecule has 2 aromatic carbocycles. The average molecular weight is 396 g/mol. The molecule has 1 amide bonds. The van der Waals surface area contributed by atoms with Gasteiger partial charge in [0.05, 0.1) is 12.3 Å². The van der Waals surface area contributed by atoms with Crippen molar-refractivity contribution >= 4 is 17.5 Å². The summed E-state index contributed by atoms with van der Waals surface area (Å²) in [7, 11) is 0. The summed E-state index contributed by atoms with van der Waals surface area (Å²) in [5.41, 5.74) is 2.79. The van der Waals surface area contributed by atoms with E-state index in [1.807, 2.05) is 53.4 Å². The minimum Gasteiger partial charge on any atom is -0.493 e. The number of carbonyl (C=O) groups is 1. The van der Waals surface area contributed by atoms with Gasteiger partial charge in [-0.05, 0) is 42.8 Å². The Kier molecular flexibility index (Phi) is 5.63. The summed E-state index contributed by atoms with van der Waals surface area (Å²) < 4.78 is 5.74. The van der Waals surface area contributed by atoms with E-state index in [0.717, 1.165) is 42.1 Å². The second kappa shape index (κ2) is 8.48. The van der Waals surface area contributed by atoms with Gasteiger partial charge in [0.15, 0.2) is 0 Å². The van der Waals surface area contributed by atoms with Gasteiger partial charge in [-0.15, -0.1) is 0 Å². The molecule has 0 aliphatic carbocycles. The van der Waals surface area contributed by atoms with E-state index < -0.39 is 0 Å². The molecule has 144 valence electrons. The molecule has 1 aliphatic rings. The van der Waals surface area contributed by atoms with Crippen LogP contribution in [-0.4, -0.2) is 40.7 Å². The fourth-order valence-corrected chi connectivity index (χ4v) is 3.68. The normalized spacial score (nSPS) is 16.3. The number of benzene rings is 2. The van der Waals surface area contributed by atoms with Crippen molar-refractivity contribution in [2.24, 2.45) is 0 Å². The summed E-state index contributed by atoms with van der Waals surface area (Å²) in [6.45, 7) is 2.01. The van der Waals surface area contributed by atoms with Crippen molar-refractivity contribution in [3.63, 3.8) is 0 Å². The van der Waals surface area contributed by atoms with E-state index in [4.69, 9.17) is 16.3 Å². The molecule has 3 aromatic rings. The fraction of sp³-hybridized carbons (Fsp3) is 0.273. The first-order chi connectivity index (χ1) is 13.7. The SMILES string of the molecule is O=C(c1ccccc1)N1CC[C@H](c2cc(CCOc3cccc(Cl)c3)[nH]n2)C1. The Morgan fingerprint density at radius 1 is 1.18 bits per heavy atom. The molecule has 0 unspecified atom stereocenters.